The molecule has 14 heavy (non-hydrogen) atoms. The topological polar surface area (TPSA) is 67.5 Å². The predicted molar refractivity (Wildman–Crippen MR) is 54.0 cm³/mol. The molecule has 78 valence electrons. The summed E-state index contributed by atoms with van der Waals surface area (Å²) in [5, 5.41) is 8.63. The number of carboxylic acids is 1. The smallest absolute Gasteiger partial charge is 0.371 e. The summed E-state index contributed by atoms with van der Waals surface area (Å²) in [4.78, 5) is 10.5. The second-order valence-electron chi connectivity index (χ2n) is 2.96. The highest BCUT2D eigenvalue weighted by Gasteiger charge is 2.25. The van der Waals surface area contributed by atoms with E-state index < -0.39 is 13.1 Å². The van der Waals surface area contributed by atoms with Crippen molar-refractivity contribution in [2.45, 2.75) is 13.8 Å². The van der Waals surface area contributed by atoms with Crippen LogP contribution in [0.2, 0.25) is 0 Å². The number of carbonyl (C=O) groups is 1. The molecule has 1 aromatic heterocycles. The van der Waals surface area contributed by atoms with Gasteiger partial charge < -0.3 is 14.1 Å². The Bertz CT molecular complexity index is 372. The van der Waals surface area contributed by atoms with Crippen molar-refractivity contribution in [3.05, 3.63) is 17.9 Å². The SMILES string of the molecule is CCP(=O)(CC)c1ccc(C(=O)O)o1. The van der Waals surface area contributed by atoms with Gasteiger partial charge in [-0.25, -0.2) is 4.79 Å². The Balaban J connectivity index is 3.08. The van der Waals surface area contributed by atoms with E-state index in [1.54, 1.807) is 0 Å². The second-order valence-corrected chi connectivity index (χ2v) is 6.45. The van der Waals surface area contributed by atoms with E-state index in [4.69, 9.17) is 9.52 Å². The Hall–Kier alpha value is -1.02. The molecule has 0 saturated heterocycles. The number of hydrogen-bond acceptors (Lipinski definition) is 3. The Morgan fingerprint density at radius 3 is 2.36 bits per heavy atom. The van der Waals surface area contributed by atoms with Gasteiger partial charge >= 0.3 is 5.97 Å². The maximum Gasteiger partial charge on any atom is 0.371 e. The van der Waals surface area contributed by atoms with Gasteiger partial charge in [0.25, 0.3) is 0 Å². The molecule has 5 heteroatoms. The summed E-state index contributed by atoms with van der Waals surface area (Å²) < 4.78 is 17.1. The van der Waals surface area contributed by atoms with Crippen molar-refractivity contribution in [1.82, 2.24) is 0 Å². The molecular weight excluding hydrogens is 203 g/mol. The number of hydrogen-bond donors (Lipinski definition) is 1. The number of carboxylic acid groups (broad SMARTS) is 1. The van der Waals surface area contributed by atoms with Gasteiger partial charge in [-0.05, 0) is 12.1 Å². The van der Waals surface area contributed by atoms with Crippen molar-refractivity contribution in [3.63, 3.8) is 0 Å². The molecule has 0 radical (unpaired) electrons. The van der Waals surface area contributed by atoms with E-state index in [9.17, 15) is 9.36 Å². The van der Waals surface area contributed by atoms with Crippen molar-refractivity contribution in [3.8, 4) is 0 Å². The first kappa shape index (κ1) is 11.1. The van der Waals surface area contributed by atoms with Gasteiger partial charge in [0.2, 0.25) is 5.76 Å². The molecule has 1 rings (SSSR count). The zero-order chi connectivity index (χ0) is 10.8. The molecule has 0 bridgehead atoms. The van der Waals surface area contributed by atoms with Crippen molar-refractivity contribution >= 4 is 18.6 Å². The lowest BCUT2D eigenvalue weighted by Crippen LogP contribution is -2.06. The Labute approximate surface area is 82.3 Å². The van der Waals surface area contributed by atoms with Crippen LogP contribution in [0, 0.1) is 0 Å². The summed E-state index contributed by atoms with van der Waals surface area (Å²) >= 11 is 0. The first-order valence-corrected chi connectivity index (χ1v) is 6.53. The van der Waals surface area contributed by atoms with Gasteiger partial charge in [-0.3, -0.25) is 0 Å². The van der Waals surface area contributed by atoms with Gasteiger partial charge in [-0.2, -0.15) is 0 Å². The van der Waals surface area contributed by atoms with Gasteiger partial charge in [0.05, 0.1) is 0 Å². The first-order chi connectivity index (χ1) is 6.53. The van der Waals surface area contributed by atoms with Crippen LogP contribution >= 0.6 is 7.14 Å². The zero-order valence-electron chi connectivity index (χ0n) is 8.19. The summed E-state index contributed by atoms with van der Waals surface area (Å²) in [7, 11) is -2.48. The van der Waals surface area contributed by atoms with Gasteiger partial charge in [0.15, 0.2) is 5.50 Å². The molecular formula is C9H13O4P. The number of rotatable bonds is 4. The van der Waals surface area contributed by atoms with E-state index in [1.165, 1.54) is 12.1 Å². The molecule has 4 nitrogen and oxygen atoms in total. The quantitative estimate of drug-likeness (QED) is 0.781. The fourth-order valence-electron chi connectivity index (χ4n) is 1.20. The Morgan fingerprint density at radius 1 is 1.43 bits per heavy atom. The minimum absolute atomic E-state index is 0.151. The third-order valence-corrected chi connectivity index (χ3v) is 5.31. The fraction of sp³-hybridized carbons (Fsp3) is 0.444. The average Bonchev–Trinajstić information content (AvgIpc) is 2.66. The molecule has 0 aliphatic heterocycles. The minimum atomic E-state index is -2.48. The highest BCUT2D eigenvalue weighted by molar-refractivity contribution is 7.71. The highest BCUT2D eigenvalue weighted by Crippen LogP contribution is 2.43. The summed E-state index contributed by atoms with van der Waals surface area (Å²) in [5.41, 5.74) is 0.319. The van der Waals surface area contributed by atoms with E-state index in [0.717, 1.165) is 0 Å². The van der Waals surface area contributed by atoms with E-state index in [-0.39, 0.29) is 5.76 Å². The molecule has 0 aliphatic carbocycles. The van der Waals surface area contributed by atoms with Gasteiger partial charge in [0.1, 0.15) is 7.14 Å². The zero-order valence-corrected chi connectivity index (χ0v) is 9.08. The molecule has 0 unspecified atom stereocenters. The second kappa shape index (κ2) is 4.01. The van der Waals surface area contributed by atoms with Crippen LogP contribution in [-0.2, 0) is 4.57 Å². The third-order valence-electron chi connectivity index (χ3n) is 2.23. The first-order valence-electron chi connectivity index (χ1n) is 4.45. The van der Waals surface area contributed by atoms with Crippen molar-refractivity contribution in [1.29, 1.82) is 0 Å². The minimum Gasteiger partial charge on any atom is -0.475 e. The van der Waals surface area contributed by atoms with Crippen LogP contribution in [0.25, 0.3) is 0 Å². The number of aromatic carboxylic acids is 1. The van der Waals surface area contributed by atoms with Crippen LogP contribution in [-0.4, -0.2) is 23.4 Å². The average molecular weight is 216 g/mol. The summed E-state index contributed by atoms with van der Waals surface area (Å²) in [6.07, 6.45) is 0.992. The lowest BCUT2D eigenvalue weighted by atomic mass is 10.5. The molecule has 0 atom stereocenters. The van der Waals surface area contributed by atoms with Crippen LogP contribution in [0.5, 0.6) is 0 Å². The van der Waals surface area contributed by atoms with Crippen molar-refractivity contribution in [2.75, 3.05) is 12.3 Å². The summed E-state index contributed by atoms with van der Waals surface area (Å²) in [5.74, 6) is -1.28. The highest BCUT2D eigenvalue weighted by atomic mass is 31.2. The molecule has 0 fully saturated rings. The largest absolute Gasteiger partial charge is 0.475 e. The maximum absolute atomic E-state index is 12.1. The maximum atomic E-state index is 12.1. The standard InChI is InChI=1S/C9H13O4P/c1-3-14(12,4-2)8-6-5-7(13-8)9(10)11/h5-6H,3-4H2,1-2H3,(H,10,11). The van der Waals surface area contributed by atoms with E-state index >= 15 is 0 Å². The van der Waals surface area contributed by atoms with E-state index in [1.807, 2.05) is 13.8 Å². The fourth-order valence-corrected chi connectivity index (χ4v) is 2.88. The van der Waals surface area contributed by atoms with Crippen LogP contribution in [0.3, 0.4) is 0 Å². The molecule has 1 N–H and O–H groups in total. The van der Waals surface area contributed by atoms with Gasteiger partial charge in [-0.15, -0.1) is 0 Å². The Morgan fingerprint density at radius 2 is 2.00 bits per heavy atom. The summed E-state index contributed by atoms with van der Waals surface area (Å²) in [6, 6.07) is 2.84. The van der Waals surface area contributed by atoms with Crippen LogP contribution in [0.15, 0.2) is 16.5 Å². The molecule has 0 amide bonds. The van der Waals surface area contributed by atoms with E-state index in [0.29, 0.717) is 17.8 Å². The van der Waals surface area contributed by atoms with Gasteiger partial charge in [-0.1, -0.05) is 13.8 Å². The summed E-state index contributed by atoms with van der Waals surface area (Å²) in [6.45, 7) is 3.63. The van der Waals surface area contributed by atoms with Crippen LogP contribution in [0.1, 0.15) is 24.4 Å². The molecule has 1 aromatic rings. The van der Waals surface area contributed by atoms with Crippen LogP contribution in [0.4, 0.5) is 0 Å². The predicted octanol–water partition coefficient (Wildman–Crippen LogP) is 2.01. The molecule has 0 aromatic carbocycles. The van der Waals surface area contributed by atoms with Crippen molar-refractivity contribution in [2.24, 2.45) is 0 Å². The molecule has 0 saturated carbocycles. The molecule has 0 spiro atoms. The normalized spacial score (nSPS) is 11.6. The van der Waals surface area contributed by atoms with Gasteiger partial charge in [0, 0.05) is 12.3 Å². The lowest BCUT2D eigenvalue weighted by molar-refractivity contribution is 0.0664. The van der Waals surface area contributed by atoms with Crippen LogP contribution < -0.4 is 5.50 Å². The molecule has 0 aliphatic rings. The van der Waals surface area contributed by atoms with Crippen molar-refractivity contribution < 1.29 is 18.9 Å². The monoisotopic (exact) mass is 216 g/mol. The number of furan rings is 1. The molecule has 1 heterocycles. The third kappa shape index (κ3) is 1.90. The van der Waals surface area contributed by atoms with E-state index in [2.05, 4.69) is 0 Å². The lowest BCUT2D eigenvalue weighted by Gasteiger charge is -2.09. The Kier molecular flexibility index (Phi) is 3.17.